The fourth-order valence-corrected chi connectivity index (χ4v) is 4.82. The van der Waals surface area contributed by atoms with Crippen LogP contribution in [0.1, 0.15) is 39.0 Å². The van der Waals surface area contributed by atoms with Gasteiger partial charge in [-0.15, -0.1) is 0 Å². The number of benzene rings is 2. The molecule has 0 radical (unpaired) electrons. The van der Waals surface area contributed by atoms with Gasteiger partial charge < -0.3 is 19.3 Å². The van der Waals surface area contributed by atoms with Crippen LogP contribution in [0.15, 0.2) is 24.3 Å². The van der Waals surface area contributed by atoms with Crippen LogP contribution in [0.3, 0.4) is 0 Å². The SMILES string of the molecule is COc1cc2c(cc1OC)CN(C(=O)c1cc3c4c(c1)CCN4C(=O)CC3)CC2. The van der Waals surface area contributed by atoms with Crippen LogP contribution in [0.4, 0.5) is 5.69 Å². The first-order valence-corrected chi connectivity index (χ1v) is 10.1. The van der Waals surface area contributed by atoms with Crippen LogP contribution in [0.5, 0.6) is 11.5 Å². The Balaban J connectivity index is 1.44. The number of amides is 2. The predicted molar refractivity (Wildman–Crippen MR) is 109 cm³/mol. The van der Waals surface area contributed by atoms with Crippen molar-refractivity contribution in [3.63, 3.8) is 0 Å². The van der Waals surface area contributed by atoms with E-state index in [2.05, 4.69) is 0 Å². The third-order valence-corrected chi connectivity index (χ3v) is 6.30. The van der Waals surface area contributed by atoms with Crippen molar-refractivity contribution < 1.29 is 19.1 Å². The Morgan fingerprint density at radius 2 is 1.48 bits per heavy atom. The van der Waals surface area contributed by atoms with Gasteiger partial charge in [0.1, 0.15) is 0 Å². The molecule has 150 valence electrons. The van der Waals surface area contributed by atoms with Gasteiger partial charge in [0, 0.05) is 31.6 Å². The van der Waals surface area contributed by atoms with Gasteiger partial charge in [-0.05, 0) is 65.8 Å². The molecule has 3 heterocycles. The number of ether oxygens (including phenoxy) is 2. The van der Waals surface area contributed by atoms with E-state index < -0.39 is 0 Å². The molecule has 0 spiro atoms. The average molecular weight is 392 g/mol. The van der Waals surface area contributed by atoms with Crippen molar-refractivity contribution in [3.05, 3.63) is 52.1 Å². The summed E-state index contributed by atoms with van der Waals surface area (Å²) in [6.45, 7) is 1.97. The lowest BCUT2D eigenvalue weighted by molar-refractivity contribution is -0.118. The molecule has 2 amide bonds. The van der Waals surface area contributed by atoms with Crippen molar-refractivity contribution in [2.75, 3.05) is 32.2 Å². The molecule has 29 heavy (non-hydrogen) atoms. The summed E-state index contributed by atoms with van der Waals surface area (Å²) in [5.74, 6) is 1.67. The topological polar surface area (TPSA) is 59.1 Å². The van der Waals surface area contributed by atoms with Gasteiger partial charge >= 0.3 is 0 Å². The summed E-state index contributed by atoms with van der Waals surface area (Å²) in [7, 11) is 3.26. The van der Waals surface area contributed by atoms with Gasteiger partial charge in [0.25, 0.3) is 5.91 Å². The summed E-state index contributed by atoms with van der Waals surface area (Å²) in [5, 5.41) is 0. The predicted octanol–water partition coefficient (Wildman–Crippen LogP) is 2.74. The molecule has 0 unspecified atom stereocenters. The fraction of sp³-hybridized carbons (Fsp3) is 0.391. The zero-order valence-electron chi connectivity index (χ0n) is 16.8. The zero-order valence-corrected chi connectivity index (χ0v) is 16.8. The molecule has 6 nitrogen and oxygen atoms in total. The minimum Gasteiger partial charge on any atom is -0.493 e. The average Bonchev–Trinajstić information content (AvgIpc) is 3.19. The molecule has 0 N–H and O–H groups in total. The number of carbonyl (C=O) groups excluding carboxylic acids is 2. The highest BCUT2D eigenvalue weighted by molar-refractivity contribution is 6.01. The first kappa shape index (κ1) is 18.0. The lowest BCUT2D eigenvalue weighted by Crippen LogP contribution is -2.36. The molecule has 0 saturated carbocycles. The molecule has 0 saturated heterocycles. The normalized spacial score (nSPS) is 17.1. The van der Waals surface area contributed by atoms with Crippen molar-refractivity contribution in [1.82, 2.24) is 4.90 Å². The van der Waals surface area contributed by atoms with E-state index >= 15 is 0 Å². The molecule has 0 bridgehead atoms. The number of rotatable bonds is 3. The molecule has 5 rings (SSSR count). The van der Waals surface area contributed by atoms with Crippen molar-refractivity contribution in [2.24, 2.45) is 0 Å². The first-order chi connectivity index (χ1) is 14.1. The van der Waals surface area contributed by atoms with E-state index in [1.54, 1.807) is 14.2 Å². The molecule has 6 heteroatoms. The Morgan fingerprint density at radius 1 is 0.828 bits per heavy atom. The van der Waals surface area contributed by atoms with Crippen molar-refractivity contribution >= 4 is 17.5 Å². The maximum atomic E-state index is 13.3. The number of anilines is 1. The summed E-state index contributed by atoms with van der Waals surface area (Å²) < 4.78 is 10.8. The molecule has 0 atom stereocenters. The minimum atomic E-state index is 0.0554. The van der Waals surface area contributed by atoms with Gasteiger partial charge in [0.05, 0.1) is 19.9 Å². The van der Waals surface area contributed by atoms with Gasteiger partial charge in [-0.2, -0.15) is 0 Å². The van der Waals surface area contributed by atoms with Crippen LogP contribution >= 0.6 is 0 Å². The smallest absolute Gasteiger partial charge is 0.254 e. The van der Waals surface area contributed by atoms with E-state index in [-0.39, 0.29) is 11.8 Å². The van der Waals surface area contributed by atoms with Crippen molar-refractivity contribution in [2.45, 2.75) is 32.2 Å². The van der Waals surface area contributed by atoms with E-state index in [0.29, 0.717) is 25.3 Å². The first-order valence-electron chi connectivity index (χ1n) is 10.1. The maximum Gasteiger partial charge on any atom is 0.254 e. The quantitative estimate of drug-likeness (QED) is 0.806. The molecule has 3 aliphatic heterocycles. The van der Waals surface area contributed by atoms with Gasteiger partial charge in [0.2, 0.25) is 5.91 Å². The Labute approximate surface area is 170 Å². The highest BCUT2D eigenvalue weighted by atomic mass is 16.5. The largest absolute Gasteiger partial charge is 0.493 e. The monoisotopic (exact) mass is 392 g/mol. The third kappa shape index (κ3) is 2.85. The van der Waals surface area contributed by atoms with E-state index in [1.807, 2.05) is 34.1 Å². The number of hydrogen-bond acceptors (Lipinski definition) is 4. The second-order valence-corrected chi connectivity index (χ2v) is 7.89. The fourth-order valence-electron chi connectivity index (χ4n) is 4.82. The number of methoxy groups -OCH3 is 2. The van der Waals surface area contributed by atoms with Gasteiger partial charge in [0.15, 0.2) is 11.5 Å². The summed E-state index contributed by atoms with van der Waals surface area (Å²) in [6, 6.07) is 7.98. The van der Waals surface area contributed by atoms with Gasteiger partial charge in [-0.3, -0.25) is 9.59 Å². The number of fused-ring (bicyclic) bond motifs is 1. The molecular formula is C23H24N2O4. The summed E-state index contributed by atoms with van der Waals surface area (Å²) in [6.07, 6.45) is 2.87. The molecule has 0 aliphatic carbocycles. The Hall–Kier alpha value is -3.02. The Kier molecular flexibility index (Phi) is 4.23. The van der Waals surface area contributed by atoms with Crippen molar-refractivity contribution in [3.8, 4) is 11.5 Å². The number of hydrogen-bond donors (Lipinski definition) is 0. The standard InChI is InChI=1S/C23H24N2O4/c1-28-19-11-14-5-7-24(13-18(14)12-20(19)29-2)23(27)17-9-15-3-4-21(26)25-8-6-16(10-17)22(15)25/h9-12H,3-8,13H2,1-2H3. The molecule has 3 aliphatic rings. The molecule has 2 aromatic carbocycles. The van der Waals surface area contributed by atoms with Crippen LogP contribution in [-0.4, -0.2) is 44.0 Å². The van der Waals surface area contributed by atoms with E-state index in [1.165, 1.54) is 5.56 Å². The molecular weight excluding hydrogens is 368 g/mol. The van der Waals surface area contributed by atoms with Gasteiger partial charge in [-0.25, -0.2) is 0 Å². The summed E-state index contributed by atoms with van der Waals surface area (Å²) >= 11 is 0. The summed E-state index contributed by atoms with van der Waals surface area (Å²) in [4.78, 5) is 29.2. The maximum absolute atomic E-state index is 13.3. The number of aryl methyl sites for hydroxylation is 1. The Bertz CT molecular complexity index is 1030. The number of nitrogens with zero attached hydrogens (tertiary/aromatic N) is 2. The third-order valence-electron chi connectivity index (χ3n) is 6.30. The van der Waals surface area contributed by atoms with Crippen LogP contribution in [0, 0.1) is 0 Å². The van der Waals surface area contributed by atoms with E-state index in [4.69, 9.17) is 9.47 Å². The summed E-state index contributed by atoms with van der Waals surface area (Å²) in [5.41, 5.74) is 6.35. The van der Waals surface area contributed by atoms with Crippen LogP contribution in [0.2, 0.25) is 0 Å². The van der Waals surface area contributed by atoms with Crippen LogP contribution in [-0.2, 0) is 30.6 Å². The molecule has 0 aromatic heterocycles. The lowest BCUT2D eigenvalue weighted by atomic mass is 9.95. The van der Waals surface area contributed by atoms with Crippen LogP contribution in [0.25, 0.3) is 0 Å². The molecule has 2 aromatic rings. The lowest BCUT2D eigenvalue weighted by Gasteiger charge is -2.30. The number of carbonyl (C=O) groups is 2. The second kappa shape index (κ2) is 6.79. The zero-order chi connectivity index (χ0) is 20.1. The van der Waals surface area contributed by atoms with Crippen LogP contribution < -0.4 is 14.4 Å². The van der Waals surface area contributed by atoms with E-state index in [0.717, 1.165) is 59.5 Å². The Morgan fingerprint density at radius 3 is 2.21 bits per heavy atom. The molecule has 0 fully saturated rings. The van der Waals surface area contributed by atoms with E-state index in [9.17, 15) is 9.59 Å². The highest BCUT2D eigenvalue weighted by Crippen LogP contribution is 2.38. The second-order valence-electron chi connectivity index (χ2n) is 7.89. The van der Waals surface area contributed by atoms with Gasteiger partial charge in [-0.1, -0.05) is 0 Å². The highest BCUT2D eigenvalue weighted by Gasteiger charge is 2.33. The van der Waals surface area contributed by atoms with Crippen molar-refractivity contribution in [1.29, 1.82) is 0 Å². The minimum absolute atomic E-state index is 0.0554.